The molecule has 0 aromatic heterocycles. The van der Waals surface area contributed by atoms with Crippen molar-refractivity contribution in [1.82, 2.24) is 0 Å². The Bertz CT molecular complexity index is 365. The Kier molecular flexibility index (Phi) is 15.1. The third-order valence-electron chi connectivity index (χ3n) is 5.87. The van der Waals surface area contributed by atoms with Gasteiger partial charge in [0.15, 0.2) is 0 Å². The second-order valence-corrected chi connectivity index (χ2v) is 8.58. The summed E-state index contributed by atoms with van der Waals surface area (Å²) >= 11 is 0. The van der Waals surface area contributed by atoms with E-state index in [0.29, 0.717) is 6.42 Å². The maximum Gasteiger partial charge on any atom is 0.389 e. The molecule has 27 heavy (non-hydrogen) atoms. The van der Waals surface area contributed by atoms with E-state index in [1.54, 1.807) is 6.92 Å². The minimum atomic E-state index is -4.02. The Labute approximate surface area is 165 Å². The summed E-state index contributed by atoms with van der Waals surface area (Å²) in [6.07, 6.45) is 12.2. The van der Waals surface area contributed by atoms with Crippen LogP contribution in [0.25, 0.3) is 0 Å². The molecule has 0 aromatic carbocycles. The number of hydrogen-bond donors (Lipinski definition) is 0. The van der Waals surface area contributed by atoms with E-state index < -0.39 is 12.6 Å². The number of hydrogen-bond acceptors (Lipinski definition) is 1. The van der Waals surface area contributed by atoms with Crippen molar-refractivity contribution in [1.29, 1.82) is 0 Å². The predicted octanol–water partition coefficient (Wildman–Crippen LogP) is 8.80. The normalized spacial score (nSPS) is 14.3. The highest BCUT2D eigenvalue weighted by Crippen LogP contribution is 2.32. The number of carbonyl (C=O) groups is 1. The standard InChI is InChI=1S/C23H43F3O/c1-4-5-6-7-8-9-12-15-18-22(3,21(2)27)19-16-13-10-11-14-17-20-23(24,25)26/h4-20H2,1-3H3. The number of unbranched alkanes of at least 4 members (excludes halogenated alkanes) is 12. The minimum Gasteiger partial charge on any atom is -0.299 e. The van der Waals surface area contributed by atoms with Gasteiger partial charge in [-0.2, -0.15) is 13.2 Å². The number of alkyl halides is 3. The van der Waals surface area contributed by atoms with E-state index in [9.17, 15) is 18.0 Å². The first-order valence-electron chi connectivity index (χ1n) is 11.3. The number of carbonyl (C=O) groups excluding carboxylic acids is 1. The molecule has 0 aliphatic rings. The third kappa shape index (κ3) is 16.1. The molecule has 0 fully saturated rings. The zero-order valence-electron chi connectivity index (χ0n) is 18.1. The number of halogens is 3. The monoisotopic (exact) mass is 392 g/mol. The lowest BCUT2D eigenvalue weighted by Gasteiger charge is -2.27. The summed E-state index contributed by atoms with van der Waals surface area (Å²) in [5.41, 5.74) is -0.210. The quantitative estimate of drug-likeness (QED) is 0.213. The highest BCUT2D eigenvalue weighted by atomic mass is 19.4. The van der Waals surface area contributed by atoms with Crippen molar-refractivity contribution in [3.63, 3.8) is 0 Å². The lowest BCUT2D eigenvalue weighted by atomic mass is 9.76. The molecule has 0 spiro atoms. The van der Waals surface area contributed by atoms with Crippen molar-refractivity contribution >= 4 is 5.78 Å². The molecule has 4 heteroatoms. The smallest absolute Gasteiger partial charge is 0.299 e. The van der Waals surface area contributed by atoms with E-state index >= 15 is 0 Å². The highest BCUT2D eigenvalue weighted by molar-refractivity contribution is 5.81. The molecule has 0 N–H and O–H groups in total. The average molecular weight is 393 g/mol. The summed E-state index contributed by atoms with van der Waals surface area (Å²) < 4.78 is 36.2. The van der Waals surface area contributed by atoms with Crippen molar-refractivity contribution < 1.29 is 18.0 Å². The molecule has 0 heterocycles. The molecule has 0 aromatic rings. The van der Waals surface area contributed by atoms with Crippen molar-refractivity contribution in [2.24, 2.45) is 5.41 Å². The van der Waals surface area contributed by atoms with Crippen LogP contribution in [0, 0.1) is 5.41 Å². The van der Waals surface area contributed by atoms with Crippen LogP contribution in [0.2, 0.25) is 0 Å². The maximum absolute atomic E-state index is 12.1. The molecule has 0 rings (SSSR count). The molecule has 1 nitrogen and oxygen atoms in total. The van der Waals surface area contributed by atoms with Crippen molar-refractivity contribution in [2.45, 2.75) is 136 Å². The first-order valence-corrected chi connectivity index (χ1v) is 11.3. The first-order chi connectivity index (χ1) is 12.7. The van der Waals surface area contributed by atoms with Gasteiger partial charge < -0.3 is 0 Å². The van der Waals surface area contributed by atoms with Crippen molar-refractivity contribution in [3.8, 4) is 0 Å². The van der Waals surface area contributed by atoms with Crippen LogP contribution in [-0.4, -0.2) is 12.0 Å². The summed E-state index contributed by atoms with van der Waals surface area (Å²) in [7, 11) is 0. The molecule has 162 valence electrons. The molecule has 0 amide bonds. The molecule has 0 bridgehead atoms. The molecule has 0 radical (unpaired) electrons. The largest absolute Gasteiger partial charge is 0.389 e. The molecular weight excluding hydrogens is 349 g/mol. The van der Waals surface area contributed by atoms with Gasteiger partial charge in [0.1, 0.15) is 5.78 Å². The lowest BCUT2D eigenvalue weighted by molar-refractivity contribution is -0.135. The van der Waals surface area contributed by atoms with E-state index in [1.165, 1.54) is 44.9 Å². The Morgan fingerprint density at radius 1 is 0.630 bits per heavy atom. The van der Waals surface area contributed by atoms with E-state index in [0.717, 1.165) is 44.9 Å². The Morgan fingerprint density at radius 3 is 1.30 bits per heavy atom. The SMILES string of the molecule is CCCCCCCCCCC(C)(CCCCCCCCC(F)(F)F)C(C)=O. The second-order valence-electron chi connectivity index (χ2n) is 8.58. The van der Waals surface area contributed by atoms with Gasteiger partial charge >= 0.3 is 6.18 Å². The van der Waals surface area contributed by atoms with Gasteiger partial charge in [-0.05, 0) is 26.2 Å². The Hall–Kier alpha value is -0.540. The summed E-state index contributed by atoms with van der Waals surface area (Å²) in [5.74, 6) is 0.288. The van der Waals surface area contributed by atoms with Gasteiger partial charge in [0.2, 0.25) is 0 Å². The fourth-order valence-electron chi connectivity index (χ4n) is 3.67. The summed E-state index contributed by atoms with van der Waals surface area (Å²) in [6.45, 7) is 6.04. The molecule has 1 atom stereocenters. The fourth-order valence-corrected chi connectivity index (χ4v) is 3.67. The number of ketones is 1. The van der Waals surface area contributed by atoms with Crippen molar-refractivity contribution in [3.05, 3.63) is 0 Å². The van der Waals surface area contributed by atoms with Gasteiger partial charge in [-0.3, -0.25) is 4.79 Å². The van der Waals surface area contributed by atoms with E-state index in [-0.39, 0.29) is 17.6 Å². The second kappa shape index (κ2) is 15.4. The first kappa shape index (κ1) is 26.5. The average Bonchev–Trinajstić information content (AvgIpc) is 2.58. The summed E-state index contributed by atoms with van der Waals surface area (Å²) in [6, 6.07) is 0. The molecule has 1 unspecified atom stereocenters. The lowest BCUT2D eigenvalue weighted by Crippen LogP contribution is -2.25. The van der Waals surface area contributed by atoms with Crippen LogP contribution in [0.15, 0.2) is 0 Å². The van der Waals surface area contributed by atoms with E-state index in [4.69, 9.17) is 0 Å². The zero-order chi connectivity index (χ0) is 20.6. The summed E-state index contributed by atoms with van der Waals surface area (Å²) in [4.78, 5) is 12.1. The fraction of sp³-hybridized carbons (Fsp3) is 0.957. The van der Waals surface area contributed by atoms with Gasteiger partial charge in [0, 0.05) is 11.8 Å². The van der Waals surface area contributed by atoms with E-state index in [2.05, 4.69) is 13.8 Å². The van der Waals surface area contributed by atoms with Crippen LogP contribution >= 0.6 is 0 Å². The number of rotatable bonds is 18. The van der Waals surface area contributed by atoms with Gasteiger partial charge in [0.25, 0.3) is 0 Å². The Morgan fingerprint density at radius 2 is 0.963 bits per heavy atom. The van der Waals surface area contributed by atoms with E-state index in [1.807, 2.05) is 0 Å². The van der Waals surface area contributed by atoms with Gasteiger partial charge in [-0.15, -0.1) is 0 Å². The molecule has 0 aliphatic carbocycles. The molecule has 0 aliphatic heterocycles. The van der Waals surface area contributed by atoms with Gasteiger partial charge in [-0.25, -0.2) is 0 Å². The van der Waals surface area contributed by atoms with Crippen LogP contribution < -0.4 is 0 Å². The van der Waals surface area contributed by atoms with Gasteiger partial charge in [0.05, 0.1) is 0 Å². The highest BCUT2D eigenvalue weighted by Gasteiger charge is 2.28. The Balaban J connectivity index is 3.77. The van der Waals surface area contributed by atoms with Crippen LogP contribution in [0.5, 0.6) is 0 Å². The zero-order valence-corrected chi connectivity index (χ0v) is 18.1. The van der Waals surface area contributed by atoms with Gasteiger partial charge in [-0.1, -0.05) is 97.3 Å². The van der Waals surface area contributed by atoms with Crippen LogP contribution in [-0.2, 0) is 4.79 Å². The number of Topliss-reactive ketones (excluding diaryl/α,β-unsaturated/α-hetero) is 1. The molecule has 0 saturated carbocycles. The predicted molar refractivity (Wildman–Crippen MR) is 109 cm³/mol. The topological polar surface area (TPSA) is 17.1 Å². The van der Waals surface area contributed by atoms with Crippen molar-refractivity contribution in [2.75, 3.05) is 0 Å². The summed E-state index contributed by atoms with van der Waals surface area (Å²) in [5, 5.41) is 0. The van der Waals surface area contributed by atoms with Crippen LogP contribution in [0.3, 0.4) is 0 Å². The van der Waals surface area contributed by atoms with Crippen LogP contribution in [0.4, 0.5) is 13.2 Å². The molecule has 0 saturated heterocycles. The molecular formula is C23H43F3O. The maximum atomic E-state index is 12.1. The third-order valence-corrected chi connectivity index (χ3v) is 5.87. The van der Waals surface area contributed by atoms with Crippen LogP contribution in [0.1, 0.15) is 130 Å². The minimum absolute atomic E-state index is 0.210.